The standard InChI is InChI=1S/C18H27N/c1-14-7-9-16(10-8-14)18(17-11-12-17)19-13-15-5-3-2-4-6-15/h7-10,15,17-19H,2-6,11-13H2,1H3. The van der Waals surface area contributed by atoms with Crippen LogP contribution in [0.25, 0.3) is 0 Å². The predicted molar refractivity (Wildman–Crippen MR) is 81.2 cm³/mol. The summed E-state index contributed by atoms with van der Waals surface area (Å²) in [4.78, 5) is 0. The summed E-state index contributed by atoms with van der Waals surface area (Å²) in [5.74, 6) is 1.83. The Hall–Kier alpha value is -0.820. The number of rotatable bonds is 5. The summed E-state index contributed by atoms with van der Waals surface area (Å²) in [6.07, 6.45) is 10.1. The van der Waals surface area contributed by atoms with E-state index in [4.69, 9.17) is 0 Å². The van der Waals surface area contributed by atoms with Gasteiger partial charge >= 0.3 is 0 Å². The normalized spacial score (nSPS) is 22.4. The van der Waals surface area contributed by atoms with Crippen LogP contribution in [0.4, 0.5) is 0 Å². The van der Waals surface area contributed by atoms with Crippen molar-refractivity contribution in [2.45, 2.75) is 57.9 Å². The maximum absolute atomic E-state index is 3.89. The van der Waals surface area contributed by atoms with Crippen LogP contribution in [0.5, 0.6) is 0 Å². The molecule has 19 heavy (non-hydrogen) atoms. The molecule has 0 aliphatic heterocycles. The van der Waals surface area contributed by atoms with Crippen LogP contribution in [0.2, 0.25) is 0 Å². The van der Waals surface area contributed by atoms with Gasteiger partial charge in [0.15, 0.2) is 0 Å². The van der Waals surface area contributed by atoms with Gasteiger partial charge in [-0.3, -0.25) is 0 Å². The van der Waals surface area contributed by atoms with Crippen molar-refractivity contribution in [3.05, 3.63) is 35.4 Å². The fraction of sp³-hybridized carbons (Fsp3) is 0.667. The Morgan fingerprint density at radius 2 is 1.68 bits per heavy atom. The van der Waals surface area contributed by atoms with Gasteiger partial charge in [0.25, 0.3) is 0 Å². The average Bonchev–Trinajstić information content (AvgIpc) is 3.27. The molecule has 2 saturated carbocycles. The Morgan fingerprint density at radius 1 is 1.00 bits per heavy atom. The zero-order valence-electron chi connectivity index (χ0n) is 12.2. The second-order valence-electron chi connectivity index (χ2n) is 6.64. The van der Waals surface area contributed by atoms with E-state index in [2.05, 4.69) is 36.5 Å². The molecule has 0 bridgehead atoms. The van der Waals surface area contributed by atoms with E-state index in [1.165, 1.54) is 62.6 Å². The van der Waals surface area contributed by atoms with Crippen molar-refractivity contribution in [2.75, 3.05) is 6.54 Å². The summed E-state index contributed by atoms with van der Waals surface area (Å²) in [6, 6.07) is 9.78. The molecule has 2 aliphatic carbocycles. The number of benzene rings is 1. The summed E-state index contributed by atoms with van der Waals surface area (Å²) >= 11 is 0. The Morgan fingerprint density at radius 3 is 2.32 bits per heavy atom. The second-order valence-corrected chi connectivity index (χ2v) is 6.64. The van der Waals surface area contributed by atoms with Crippen molar-refractivity contribution in [1.29, 1.82) is 0 Å². The minimum absolute atomic E-state index is 0.613. The van der Waals surface area contributed by atoms with Crippen LogP contribution >= 0.6 is 0 Å². The van der Waals surface area contributed by atoms with Crippen molar-refractivity contribution in [3.8, 4) is 0 Å². The smallest absolute Gasteiger partial charge is 0.0348 e. The van der Waals surface area contributed by atoms with Crippen LogP contribution in [0.15, 0.2) is 24.3 Å². The molecule has 1 atom stereocenters. The van der Waals surface area contributed by atoms with E-state index in [1.807, 2.05) is 0 Å². The van der Waals surface area contributed by atoms with Crippen LogP contribution in [-0.4, -0.2) is 6.54 Å². The molecule has 104 valence electrons. The molecule has 0 heterocycles. The third-order valence-corrected chi connectivity index (χ3v) is 4.88. The topological polar surface area (TPSA) is 12.0 Å². The third-order valence-electron chi connectivity index (χ3n) is 4.88. The molecule has 1 heteroatoms. The van der Waals surface area contributed by atoms with Crippen LogP contribution < -0.4 is 5.32 Å². The maximum atomic E-state index is 3.89. The summed E-state index contributed by atoms with van der Waals surface area (Å²) in [6.45, 7) is 3.40. The summed E-state index contributed by atoms with van der Waals surface area (Å²) in [5.41, 5.74) is 2.87. The lowest BCUT2D eigenvalue weighted by Crippen LogP contribution is -2.29. The fourth-order valence-corrected chi connectivity index (χ4v) is 3.44. The van der Waals surface area contributed by atoms with Gasteiger partial charge in [-0.15, -0.1) is 0 Å². The highest BCUT2D eigenvalue weighted by molar-refractivity contribution is 5.25. The average molecular weight is 257 g/mol. The largest absolute Gasteiger partial charge is 0.309 e. The molecule has 1 nitrogen and oxygen atoms in total. The van der Waals surface area contributed by atoms with E-state index >= 15 is 0 Å². The van der Waals surface area contributed by atoms with Crippen molar-refractivity contribution < 1.29 is 0 Å². The zero-order chi connectivity index (χ0) is 13.1. The van der Waals surface area contributed by atoms with Gasteiger partial charge in [0.1, 0.15) is 0 Å². The van der Waals surface area contributed by atoms with Gasteiger partial charge in [-0.2, -0.15) is 0 Å². The lowest BCUT2D eigenvalue weighted by molar-refractivity contribution is 0.320. The van der Waals surface area contributed by atoms with Crippen LogP contribution in [-0.2, 0) is 0 Å². The quantitative estimate of drug-likeness (QED) is 0.812. The SMILES string of the molecule is Cc1ccc(C(NCC2CCCCC2)C2CC2)cc1. The number of hydrogen-bond acceptors (Lipinski definition) is 1. The van der Waals surface area contributed by atoms with Gasteiger partial charge in [-0.1, -0.05) is 49.1 Å². The Bertz CT molecular complexity index is 385. The van der Waals surface area contributed by atoms with Crippen molar-refractivity contribution >= 4 is 0 Å². The number of nitrogens with one attached hydrogen (secondary N) is 1. The van der Waals surface area contributed by atoms with E-state index in [-0.39, 0.29) is 0 Å². The highest BCUT2D eigenvalue weighted by Gasteiger charge is 2.32. The zero-order valence-corrected chi connectivity index (χ0v) is 12.2. The molecule has 1 N–H and O–H groups in total. The molecule has 0 saturated heterocycles. The lowest BCUT2D eigenvalue weighted by atomic mass is 9.88. The highest BCUT2D eigenvalue weighted by Crippen LogP contribution is 2.41. The molecule has 0 aromatic heterocycles. The molecular formula is C18H27N. The molecule has 3 rings (SSSR count). The molecule has 2 aliphatic rings. The Balaban J connectivity index is 1.59. The first-order valence-corrected chi connectivity index (χ1v) is 8.13. The predicted octanol–water partition coefficient (Wildman–Crippen LogP) is 4.62. The molecule has 0 amide bonds. The van der Waals surface area contributed by atoms with Gasteiger partial charge in [0.2, 0.25) is 0 Å². The number of aryl methyl sites for hydroxylation is 1. The Kier molecular flexibility index (Phi) is 4.22. The van der Waals surface area contributed by atoms with E-state index in [1.54, 1.807) is 0 Å². The maximum Gasteiger partial charge on any atom is 0.0348 e. The van der Waals surface area contributed by atoms with E-state index < -0.39 is 0 Å². The molecule has 1 aromatic rings. The number of hydrogen-bond donors (Lipinski definition) is 1. The summed E-state index contributed by atoms with van der Waals surface area (Å²) in [5, 5.41) is 3.89. The molecule has 1 unspecified atom stereocenters. The third kappa shape index (κ3) is 3.60. The van der Waals surface area contributed by atoms with Gasteiger partial charge < -0.3 is 5.32 Å². The molecule has 0 spiro atoms. The van der Waals surface area contributed by atoms with Crippen molar-refractivity contribution in [3.63, 3.8) is 0 Å². The first-order chi connectivity index (χ1) is 9.33. The van der Waals surface area contributed by atoms with Gasteiger partial charge in [-0.05, 0) is 56.6 Å². The first kappa shape index (κ1) is 13.2. The van der Waals surface area contributed by atoms with Crippen LogP contribution in [0.1, 0.15) is 62.1 Å². The van der Waals surface area contributed by atoms with Gasteiger partial charge in [0, 0.05) is 6.04 Å². The minimum Gasteiger partial charge on any atom is -0.309 e. The minimum atomic E-state index is 0.613. The van der Waals surface area contributed by atoms with Crippen molar-refractivity contribution in [2.24, 2.45) is 11.8 Å². The second kappa shape index (κ2) is 6.09. The molecular weight excluding hydrogens is 230 g/mol. The first-order valence-electron chi connectivity index (χ1n) is 8.13. The Labute approximate surface area is 117 Å². The summed E-state index contributed by atoms with van der Waals surface area (Å²) in [7, 11) is 0. The lowest BCUT2D eigenvalue weighted by Gasteiger charge is -2.26. The van der Waals surface area contributed by atoms with Crippen molar-refractivity contribution in [1.82, 2.24) is 5.32 Å². The highest BCUT2D eigenvalue weighted by atomic mass is 14.9. The van der Waals surface area contributed by atoms with Crippen LogP contribution in [0, 0.1) is 18.8 Å². The molecule has 0 radical (unpaired) electrons. The fourth-order valence-electron chi connectivity index (χ4n) is 3.44. The monoisotopic (exact) mass is 257 g/mol. The van der Waals surface area contributed by atoms with Gasteiger partial charge in [0.05, 0.1) is 0 Å². The van der Waals surface area contributed by atoms with Crippen LogP contribution in [0.3, 0.4) is 0 Å². The van der Waals surface area contributed by atoms with Gasteiger partial charge in [-0.25, -0.2) is 0 Å². The molecule has 2 fully saturated rings. The summed E-state index contributed by atoms with van der Waals surface area (Å²) < 4.78 is 0. The van der Waals surface area contributed by atoms with E-state index in [9.17, 15) is 0 Å². The van der Waals surface area contributed by atoms with E-state index in [0.717, 1.165) is 11.8 Å². The molecule has 1 aromatic carbocycles. The van der Waals surface area contributed by atoms with E-state index in [0.29, 0.717) is 6.04 Å².